The van der Waals surface area contributed by atoms with Crippen molar-refractivity contribution < 1.29 is 0 Å². The monoisotopic (exact) mass is 882 g/mol. The van der Waals surface area contributed by atoms with Gasteiger partial charge in [0.2, 0.25) is 0 Å². The molecule has 6 heteroatoms. The summed E-state index contributed by atoms with van der Waals surface area (Å²) >= 11 is 3.66. The molecule has 12 aromatic rings. The Kier molecular flexibility index (Phi) is 9.33. The first-order valence-electron chi connectivity index (χ1n) is 22.5. The second kappa shape index (κ2) is 15.5. The molecule has 0 amide bonds. The summed E-state index contributed by atoms with van der Waals surface area (Å²) < 4.78 is 4.95. The molecule has 0 aliphatic rings. The van der Waals surface area contributed by atoms with Crippen molar-refractivity contribution in [3.8, 4) is 12.1 Å². The molecule has 0 radical (unpaired) electrons. The van der Waals surface area contributed by atoms with Crippen LogP contribution < -0.4 is 9.80 Å². The molecule has 0 N–H and O–H groups in total. The van der Waals surface area contributed by atoms with Crippen LogP contribution in [0.1, 0.15) is 61.8 Å². The third-order valence-corrected chi connectivity index (χ3v) is 15.8. The number of benzene rings is 10. The van der Waals surface area contributed by atoms with E-state index in [-0.39, 0.29) is 11.8 Å². The summed E-state index contributed by atoms with van der Waals surface area (Å²) in [6.45, 7) is 9.21. The highest BCUT2D eigenvalue weighted by molar-refractivity contribution is 7.26. The van der Waals surface area contributed by atoms with E-state index in [9.17, 15) is 10.5 Å². The largest absolute Gasteiger partial charge is 0.308 e. The van der Waals surface area contributed by atoms with Crippen molar-refractivity contribution in [2.75, 3.05) is 9.80 Å². The van der Waals surface area contributed by atoms with Crippen molar-refractivity contribution in [2.45, 2.75) is 39.5 Å². The van der Waals surface area contributed by atoms with Crippen molar-refractivity contribution in [1.82, 2.24) is 0 Å². The van der Waals surface area contributed by atoms with E-state index in [1.165, 1.54) is 83.8 Å². The summed E-state index contributed by atoms with van der Waals surface area (Å²) in [6, 6.07) is 65.8. The van der Waals surface area contributed by atoms with Gasteiger partial charge in [0, 0.05) is 53.1 Å². The molecule has 0 fully saturated rings. The number of thiophene rings is 2. The van der Waals surface area contributed by atoms with Crippen LogP contribution in [0.15, 0.2) is 170 Å². The lowest BCUT2D eigenvalue weighted by Gasteiger charge is -2.32. The lowest BCUT2D eigenvalue weighted by molar-refractivity contribution is 0.875. The van der Waals surface area contributed by atoms with Crippen LogP contribution in [0.2, 0.25) is 0 Å². The van der Waals surface area contributed by atoms with E-state index in [1.807, 2.05) is 46.9 Å². The first kappa shape index (κ1) is 39.8. The van der Waals surface area contributed by atoms with E-state index in [1.54, 1.807) is 0 Å². The molecule has 4 nitrogen and oxygen atoms in total. The predicted molar refractivity (Wildman–Crippen MR) is 283 cm³/mol. The first-order valence-corrected chi connectivity index (χ1v) is 24.1. The Morgan fingerprint density at radius 1 is 0.379 bits per heavy atom. The van der Waals surface area contributed by atoms with Gasteiger partial charge in [0.1, 0.15) is 0 Å². The van der Waals surface area contributed by atoms with Crippen LogP contribution in [0, 0.1) is 22.7 Å². The van der Waals surface area contributed by atoms with Crippen molar-refractivity contribution in [3.63, 3.8) is 0 Å². The Labute approximate surface area is 391 Å². The average Bonchev–Trinajstić information content (AvgIpc) is 3.94. The van der Waals surface area contributed by atoms with Crippen molar-refractivity contribution in [3.05, 3.63) is 192 Å². The maximum absolute atomic E-state index is 9.92. The van der Waals surface area contributed by atoms with E-state index in [4.69, 9.17) is 0 Å². The van der Waals surface area contributed by atoms with Gasteiger partial charge in [-0.1, -0.05) is 113 Å². The van der Waals surface area contributed by atoms with Crippen LogP contribution in [0.3, 0.4) is 0 Å². The van der Waals surface area contributed by atoms with Crippen LogP contribution in [-0.4, -0.2) is 0 Å². The van der Waals surface area contributed by atoms with Crippen LogP contribution in [-0.2, 0) is 0 Å². The number of hydrogen-bond acceptors (Lipinski definition) is 6. The number of anilines is 6. The highest BCUT2D eigenvalue weighted by atomic mass is 32.1. The molecular weight excluding hydrogens is 841 g/mol. The van der Waals surface area contributed by atoms with Gasteiger partial charge in [-0.2, -0.15) is 10.5 Å². The van der Waals surface area contributed by atoms with Crippen molar-refractivity contribution >= 4 is 129 Å². The quantitative estimate of drug-likeness (QED) is 0.143. The molecule has 0 unspecified atom stereocenters. The Balaban J connectivity index is 1.21. The molecule has 0 saturated heterocycles. The highest BCUT2D eigenvalue weighted by Crippen LogP contribution is 2.53. The van der Waals surface area contributed by atoms with Gasteiger partial charge in [-0.3, -0.25) is 0 Å². The number of nitrogens with zero attached hydrogens (tertiary/aromatic N) is 4. The first-order chi connectivity index (χ1) is 32.3. The summed E-state index contributed by atoms with van der Waals surface area (Å²) in [7, 11) is 0. The van der Waals surface area contributed by atoms with Crippen LogP contribution in [0.5, 0.6) is 0 Å². The van der Waals surface area contributed by atoms with Crippen LogP contribution in [0.25, 0.3) is 72.7 Å². The Hall–Kier alpha value is -7.74. The fraction of sp³-hybridized carbons (Fsp3) is 0.100. The number of rotatable bonds is 8. The fourth-order valence-corrected chi connectivity index (χ4v) is 12.7. The molecule has 2 heterocycles. The van der Waals surface area contributed by atoms with E-state index < -0.39 is 0 Å². The van der Waals surface area contributed by atoms with E-state index >= 15 is 0 Å². The van der Waals surface area contributed by atoms with Gasteiger partial charge < -0.3 is 9.80 Å². The highest BCUT2D eigenvalue weighted by Gasteiger charge is 2.28. The van der Waals surface area contributed by atoms with E-state index in [2.05, 4.69) is 195 Å². The zero-order chi connectivity index (χ0) is 44.8. The van der Waals surface area contributed by atoms with Gasteiger partial charge in [-0.15, -0.1) is 22.7 Å². The zero-order valence-electron chi connectivity index (χ0n) is 36.9. The van der Waals surface area contributed by atoms with Gasteiger partial charge in [0.25, 0.3) is 0 Å². The van der Waals surface area contributed by atoms with Gasteiger partial charge in [-0.05, 0) is 129 Å². The zero-order valence-corrected chi connectivity index (χ0v) is 38.6. The number of nitriles is 2. The van der Waals surface area contributed by atoms with Gasteiger partial charge in [0.15, 0.2) is 0 Å². The predicted octanol–water partition coefficient (Wildman–Crippen LogP) is 18.2. The van der Waals surface area contributed by atoms with Crippen molar-refractivity contribution in [1.29, 1.82) is 10.5 Å². The minimum absolute atomic E-state index is 0.223. The summed E-state index contributed by atoms with van der Waals surface area (Å²) in [6.07, 6.45) is 0. The summed E-state index contributed by atoms with van der Waals surface area (Å²) in [5.74, 6) is 0.446. The second-order valence-electron chi connectivity index (χ2n) is 17.8. The topological polar surface area (TPSA) is 54.1 Å². The Bertz CT molecular complexity index is 3710. The molecule has 0 bridgehead atoms. The molecule has 0 aliphatic heterocycles. The third-order valence-electron chi connectivity index (χ3n) is 13.4. The molecule has 12 rings (SSSR count). The lowest BCUT2D eigenvalue weighted by Crippen LogP contribution is -2.13. The molecule has 0 saturated carbocycles. The van der Waals surface area contributed by atoms with E-state index in [0.29, 0.717) is 11.1 Å². The molecule has 10 aromatic carbocycles. The van der Waals surface area contributed by atoms with Gasteiger partial charge in [-0.25, -0.2) is 0 Å². The normalized spacial score (nSPS) is 11.9. The van der Waals surface area contributed by atoms with Gasteiger partial charge in [0.05, 0.1) is 55.4 Å². The summed E-state index contributed by atoms with van der Waals surface area (Å²) in [5.41, 5.74) is 10.2. The maximum atomic E-state index is 9.92. The molecule has 0 spiro atoms. The molecule has 314 valence electrons. The summed E-state index contributed by atoms with van der Waals surface area (Å²) in [4.78, 5) is 4.87. The van der Waals surface area contributed by atoms with Crippen LogP contribution >= 0.6 is 22.7 Å². The lowest BCUT2D eigenvalue weighted by atomic mass is 9.84. The Morgan fingerprint density at radius 3 is 1.15 bits per heavy atom. The third kappa shape index (κ3) is 6.07. The van der Waals surface area contributed by atoms with Crippen LogP contribution in [0.4, 0.5) is 34.1 Å². The number of fused-ring (bicyclic) bond motifs is 6. The summed E-state index contributed by atoms with van der Waals surface area (Å²) in [5, 5.41) is 32.1. The minimum Gasteiger partial charge on any atom is -0.308 e. The smallest absolute Gasteiger partial charge is 0.0991 e. The molecule has 0 aliphatic carbocycles. The maximum Gasteiger partial charge on any atom is 0.0991 e. The SMILES string of the molecule is CC(C)c1cc(N(c2ccc(C#N)cc2)c2cccc3c2sc2ccccc23)c2ccc3c(C(C)C)cc(N(c4ccc(C#N)cc4)c4cccc5c4sc4ccccc45)c4ccc1c2c34. The molecular formula is C60H42N4S2. The second-order valence-corrected chi connectivity index (χ2v) is 19.9. The fourth-order valence-electron chi connectivity index (χ4n) is 10.3. The van der Waals surface area contributed by atoms with E-state index in [0.717, 1.165) is 34.1 Å². The average molecular weight is 883 g/mol. The minimum atomic E-state index is 0.223. The molecule has 0 atom stereocenters. The molecule has 2 aromatic heterocycles. The number of hydrogen-bond donors (Lipinski definition) is 0. The molecule has 66 heavy (non-hydrogen) atoms. The standard InChI is InChI=1S/C60H42N4S2/c1-35(2)49-31-53(63(39-23-19-37(33-61)20-24-39)51-15-9-13-45-41-11-5-7-17-55(41)65-59(45)51)47-30-28-44-50(36(3)4)32-54(48-29-27-43(49)57(47)58(44)48)64(40-25-21-38(34-62)22-26-40)52-16-10-14-46-42-12-6-8-18-56(42)66-60(46)52/h5-32,35-36H,1-4H3. The van der Waals surface area contributed by atoms with Crippen molar-refractivity contribution in [2.24, 2.45) is 0 Å². The Morgan fingerprint density at radius 2 is 0.758 bits per heavy atom. The van der Waals surface area contributed by atoms with Gasteiger partial charge >= 0.3 is 0 Å².